The van der Waals surface area contributed by atoms with E-state index in [0.717, 1.165) is 0 Å². The van der Waals surface area contributed by atoms with Gasteiger partial charge in [-0.25, -0.2) is 0 Å². The largest absolute Gasteiger partial charge is 0.419 e. The van der Waals surface area contributed by atoms with E-state index in [2.05, 4.69) is 4.74 Å². The molecular formula is C6H12F2O3Rf-2. The number of hydrogen-bond donors (Lipinski definition) is 2. The Morgan fingerprint density at radius 2 is 1.92 bits per heavy atom. The summed E-state index contributed by atoms with van der Waals surface area (Å²) in [5.74, 6) is 0. The zero-order chi connectivity index (χ0) is 7.98. The summed E-state index contributed by atoms with van der Waals surface area (Å²) in [6.07, 6.45) is -2.91. The van der Waals surface area contributed by atoms with Crippen molar-refractivity contribution in [2.24, 2.45) is 0 Å². The van der Waals surface area contributed by atoms with E-state index in [4.69, 9.17) is 10.2 Å². The van der Waals surface area contributed by atoms with E-state index in [1.165, 1.54) is 0 Å². The molecule has 3 nitrogen and oxygen atoms in total. The topological polar surface area (TPSA) is 49.7 Å². The second-order valence-corrected chi connectivity index (χ2v) is 1.69. The summed E-state index contributed by atoms with van der Waals surface area (Å²) in [7, 11) is 0. The summed E-state index contributed by atoms with van der Waals surface area (Å²) >= 11 is 0. The molecule has 2 N–H and O–H groups in total. The van der Waals surface area contributed by atoms with Crippen molar-refractivity contribution in [2.45, 2.75) is 6.10 Å². The Bertz CT molecular complexity index is 85.2. The third-order valence-corrected chi connectivity index (χ3v) is 0.732. The van der Waals surface area contributed by atoms with Crippen molar-refractivity contribution < 1.29 is 23.7 Å². The number of aliphatic hydroxyl groups excluding tert-OH is 2. The van der Waals surface area contributed by atoms with Gasteiger partial charge in [0.25, 0.3) is 0 Å². The fourth-order valence-electron chi connectivity index (χ4n) is 0.325. The molecular weight excluding hydrogens is 425 g/mol. The summed E-state index contributed by atoms with van der Waals surface area (Å²) in [4.78, 5) is 0. The van der Waals surface area contributed by atoms with E-state index in [0.29, 0.717) is 0 Å². The number of halogens is 2. The standard InChI is InChI=1S/C5H9F2O3.CH3.Rf/c6-5(7)3-10-2-4(9)1-8;;/h4,8-9H,1-3H2;1H3;/q2*-1;. The van der Waals surface area contributed by atoms with Crippen LogP contribution in [0.2, 0.25) is 0 Å². The first-order chi connectivity index (χ1) is 4.66. The molecule has 0 radical (unpaired) electrons. The maximum Gasteiger partial charge on any atom is 0.100 e. The van der Waals surface area contributed by atoms with Crippen molar-refractivity contribution in [1.29, 1.82) is 0 Å². The quantitative estimate of drug-likeness (QED) is 0.607. The number of rotatable bonds is 5. The molecule has 1 atom stereocenters. The SMILES string of the molecule is OCC(O)COC[C-](F)F.[CH3-].[Rf]. The maximum atomic E-state index is 11.2. The molecule has 72 valence electrons. The summed E-state index contributed by atoms with van der Waals surface area (Å²) < 4.78 is 26.7. The Kier molecular flexibility index (Phi) is 13.8. The monoisotopic (exact) mass is 437 g/mol. The van der Waals surface area contributed by atoms with Gasteiger partial charge in [0, 0.05) is 6.43 Å². The van der Waals surface area contributed by atoms with Crippen LogP contribution in [0.1, 0.15) is 0 Å². The first-order valence-corrected chi connectivity index (χ1v) is 2.70. The van der Waals surface area contributed by atoms with E-state index >= 15 is 0 Å². The van der Waals surface area contributed by atoms with Gasteiger partial charge in [-0.3, -0.25) is 0 Å². The Morgan fingerprint density at radius 1 is 1.42 bits per heavy atom. The van der Waals surface area contributed by atoms with Gasteiger partial charge in [-0.1, -0.05) is 0 Å². The molecule has 0 aromatic carbocycles. The van der Waals surface area contributed by atoms with Crippen LogP contribution >= 0.6 is 0 Å². The average molecular weight is 437 g/mol. The van der Waals surface area contributed by atoms with Crippen LogP contribution in [0.3, 0.4) is 0 Å². The van der Waals surface area contributed by atoms with Crippen LogP contribution in [0, 0.1) is 13.9 Å². The second kappa shape index (κ2) is 9.74. The van der Waals surface area contributed by atoms with Crippen molar-refractivity contribution in [3.8, 4) is 0 Å². The summed E-state index contributed by atoms with van der Waals surface area (Å²) in [6, 6.07) is 0. The molecule has 0 aromatic rings. The van der Waals surface area contributed by atoms with Gasteiger partial charge in [0.15, 0.2) is 0 Å². The van der Waals surface area contributed by atoms with Crippen LogP contribution in [0.5, 0.6) is 0 Å². The number of aliphatic hydroxyl groups is 2. The first-order valence-electron chi connectivity index (χ1n) is 2.70. The molecule has 0 spiro atoms. The van der Waals surface area contributed by atoms with Gasteiger partial charge in [0.05, 0.1) is 13.2 Å². The fourth-order valence-corrected chi connectivity index (χ4v) is 0.325. The molecule has 12 heavy (non-hydrogen) atoms. The minimum atomic E-state index is -1.84. The van der Waals surface area contributed by atoms with Crippen molar-refractivity contribution in [3.05, 3.63) is 13.9 Å². The molecule has 0 aromatic heterocycles. The molecule has 0 saturated heterocycles. The van der Waals surface area contributed by atoms with E-state index in [9.17, 15) is 8.78 Å². The molecule has 0 fully saturated rings. The molecule has 0 saturated carbocycles. The normalized spacial score (nSPS) is 11.8. The van der Waals surface area contributed by atoms with Crippen LogP contribution in [-0.4, -0.2) is 36.1 Å². The Labute approximate surface area is 64.6 Å². The van der Waals surface area contributed by atoms with Gasteiger partial charge in [0.2, 0.25) is 0 Å². The maximum absolute atomic E-state index is 11.2. The summed E-state index contributed by atoms with van der Waals surface area (Å²) in [6.45, 7) is -1.53. The molecule has 0 aliphatic rings. The first kappa shape index (κ1) is 17.0. The van der Waals surface area contributed by atoms with Gasteiger partial charge >= 0.3 is 0 Å². The van der Waals surface area contributed by atoms with Crippen LogP contribution in [-0.2, 0) is 4.74 Å². The van der Waals surface area contributed by atoms with Gasteiger partial charge in [-0.05, 0) is 6.61 Å². The Hall–Kier alpha value is -1.26. The van der Waals surface area contributed by atoms with Crippen LogP contribution in [0.4, 0.5) is 8.78 Å². The van der Waals surface area contributed by atoms with Gasteiger partial charge in [-0.2, -0.15) is 0 Å². The zero-order valence-electron chi connectivity index (χ0n) is 6.96. The van der Waals surface area contributed by atoms with Crippen LogP contribution in [0.15, 0.2) is 0 Å². The molecule has 0 amide bonds. The fraction of sp³-hybridized carbons (Fsp3) is 0.667. The van der Waals surface area contributed by atoms with Gasteiger partial charge < -0.3 is 31.2 Å². The number of ether oxygens (including phenoxy) is 1. The summed E-state index contributed by atoms with van der Waals surface area (Å²) in [5, 5.41) is 16.7. The smallest absolute Gasteiger partial charge is 0.100 e. The third kappa shape index (κ3) is 11.5. The van der Waals surface area contributed by atoms with Crippen molar-refractivity contribution in [2.75, 3.05) is 19.8 Å². The number of hydrogen-bond acceptors (Lipinski definition) is 3. The zero-order valence-corrected chi connectivity index (χ0v) is 13.4. The van der Waals surface area contributed by atoms with E-state index in [-0.39, 0.29) is 14.0 Å². The average Bonchev–Trinajstić information content (AvgIpc) is 1.87. The Balaban J connectivity index is -0.000000405. The van der Waals surface area contributed by atoms with Crippen LogP contribution in [0.25, 0.3) is 0 Å². The molecule has 0 bridgehead atoms. The molecule has 0 aliphatic heterocycles. The van der Waals surface area contributed by atoms with E-state index in [1.807, 2.05) is 0 Å². The predicted octanol–water partition coefficient (Wildman–Crippen LogP) is 0.235. The summed E-state index contributed by atoms with van der Waals surface area (Å²) in [5.41, 5.74) is 0. The molecule has 0 aliphatic carbocycles. The van der Waals surface area contributed by atoms with Crippen molar-refractivity contribution >= 4 is 0 Å². The predicted molar refractivity (Wildman–Crippen MR) is 35.8 cm³/mol. The van der Waals surface area contributed by atoms with E-state index < -0.39 is 25.7 Å². The minimum absolute atomic E-state index is 0. The Morgan fingerprint density at radius 3 is 2.25 bits per heavy atom. The molecule has 0 rings (SSSR count). The molecule has 0 heterocycles. The van der Waals surface area contributed by atoms with Gasteiger partial charge in [-0.15, -0.1) is 0 Å². The third-order valence-electron chi connectivity index (χ3n) is 0.732. The molecule has 6 heteroatoms. The second-order valence-electron chi connectivity index (χ2n) is 1.69. The van der Waals surface area contributed by atoms with Gasteiger partial charge in [0.1, 0.15) is 6.10 Å². The minimum Gasteiger partial charge on any atom is -0.419 e. The van der Waals surface area contributed by atoms with Crippen LogP contribution < -0.4 is 0 Å². The molecule has 1 unspecified atom stereocenters. The van der Waals surface area contributed by atoms with Crippen molar-refractivity contribution in [3.63, 3.8) is 0 Å². The van der Waals surface area contributed by atoms with E-state index in [1.54, 1.807) is 0 Å². The van der Waals surface area contributed by atoms with Crippen molar-refractivity contribution in [1.82, 2.24) is 0 Å².